The maximum atomic E-state index is 12.3. The molecule has 0 amide bonds. The zero-order valence-electron chi connectivity index (χ0n) is 12.0. The Balaban J connectivity index is 2.43. The number of fused-ring (bicyclic) bond motifs is 1. The third-order valence-electron chi connectivity index (χ3n) is 2.79. The topological polar surface area (TPSA) is 70.4 Å². The van der Waals surface area contributed by atoms with Crippen LogP contribution in [0.25, 0.3) is 10.9 Å². The highest BCUT2D eigenvalue weighted by atomic mass is 32.2. The number of rotatable bonds is 5. The van der Waals surface area contributed by atoms with E-state index < -0.39 is 5.25 Å². The molecule has 1 aromatic carbocycles. The van der Waals surface area contributed by atoms with Gasteiger partial charge in [0, 0.05) is 0 Å². The van der Waals surface area contributed by atoms with E-state index in [0.29, 0.717) is 22.7 Å². The number of carbonyl (C=O) groups excluding carboxylic acids is 1. The quantitative estimate of drug-likeness (QED) is 0.473. The van der Waals surface area contributed by atoms with Crippen LogP contribution in [0.1, 0.15) is 13.8 Å². The molecule has 0 N–H and O–H groups in total. The summed E-state index contributed by atoms with van der Waals surface area (Å²) in [7, 11) is 1.39. The van der Waals surface area contributed by atoms with Gasteiger partial charge in [-0.2, -0.15) is 0 Å². The smallest absolute Gasteiger partial charge is 0.319 e. The molecule has 0 unspecified atom stereocenters. The Labute approximate surface area is 126 Å². The van der Waals surface area contributed by atoms with Gasteiger partial charge in [0.15, 0.2) is 0 Å². The molecule has 0 aliphatic rings. The number of nitrogens with zero attached hydrogens (tertiary/aromatic N) is 2. The van der Waals surface area contributed by atoms with Gasteiger partial charge in [-0.1, -0.05) is 23.9 Å². The van der Waals surface area contributed by atoms with Gasteiger partial charge < -0.3 is 9.57 Å². The van der Waals surface area contributed by atoms with Crippen molar-refractivity contribution in [1.82, 2.24) is 9.71 Å². The van der Waals surface area contributed by atoms with E-state index in [1.165, 1.54) is 7.11 Å². The van der Waals surface area contributed by atoms with E-state index in [1.807, 2.05) is 0 Å². The second-order valence-corrected chi connectivity index (χ2v) is 5.51. The molecule has 7 heteroatoms. The molecular formula is C14H16N2O4S. The minimum absolute atomic E-state index is 0.304. The average molecular weight is 308 g/mol. The molecule has 0 aliphatic carbocycles. The van der Waals surface area contributed by atoms with Gasteiger partial charge in [0.2, 0.25) is 5.16 Å². The Morgan fingerprint density at radius 3 is 2.81 bits per heavy atom. The first-order chi connectivity index (χ1) is 10.1. The fourth-order valence-electron chi connectivity index (χ4n) is 1.80. The second kappa shape index (κ2) is 6.62. The van der Waals surface area contributed by atoms with E-state index in [4.69, 9.17) is 9.57 Å². The predicted octanol–water partition coefficient (Wildman–Crippen LogP) is 1.50. The molecule has 0 bridgehead atoms. The summed E-state index contributed by atoms with van der Waals surface area (Å²) in [5, 5.41) is 0.300. The van der Waals surface area contributed by atoms with Crippen molar-refractivity contribution in [1.29, 1.82) is 0 Å². The summed E-state index contributed by atoms with van der Waals surface area (Å²) in [6, 6.07) is 6.99. The van der Waals surface area contributed by atoms with E-state index >= 15 is 0 Å². The lowest BCUT2D eigenvalue weighted by Gasteiger charge is -2.14. The SMILES string of the molecule is CCOC(=O)[C@H](C)Sc1nc2ccccc2c(=O)n1OC. The maximum Gasteiger partial charge on any atom is 0.319 e. The number of ether oxygens (including phenoxy) is 1. The van der Waals surface area contributed by atoms with Gasteiger partial charge in [0.25, 0.3) is 5.56 Å². The lowest BCUT2D eigenvalue weighted by molar-refractivity contribution is -0.142. The minimum Gasteiger partial charge on any atom is -0.465 e. The number of benzene rings is 1. The Bertz CT molecular complexity index is 714. The number of aromatic nitrogens is 2. The van der Waals surface area contributed by atoms with Crippen LogP contribution in [-0.2, 0) is 9.53 Å². The van der Waals surface area contributed by atoms with Crippen molar-refractivity contribution in [2.75, 3.05) is 13.7 Å². The Kier molecular flexibility index (Phi) is 4.85. The highest BCUT2D eigenvalue weighted by Gasteiger charge is 2.20. The van der Waals surface area contributed by atoms with E-state index in [-0.39, 0.29) is 11.5 Å². The molecule has 112 valence electrons. The van der Waals surface area contributed by atoms with Crippen molar-refractivity contribution in [2.24, 2.45) is 0 Å². The van der Waals surface area contributed by atoms with E-state index in [9.17, 15) is 9.59 Å². The maximum absolute atomic E-state index is 12.3. The van der Waals surface area contributed by atoms with Crippen molar-refractivity contribution < 1.29 is 14.4 Å². The van der Waals surface area contributed by atoms with Crippen LogP contribution < -0.4 is 10.4 Å². The van der Waals surface area contributed by atoms with E-state index in [2.05, 4.69) is 4.98 Å². The van der Waals surface area contributed by atoms with Crippen LogP contribution >= 0.6 is 11.8 Å². The van der Waals surface area contributed by atoms with Crippen LogP contribution in [0.5, 0.6) is 0 Å². The van der Waals surface area contributed by atoms with Crippen molar-refractivity contribution >= 4 is 28.6 Å². The van der Waals surface area contributed by atoms with Crippen LogP contribution in [-0.4, -0.2) is 34.7 Å². The number of esters is 1. The lowest BCUT2D eigenvalue weighted by Crippen LogP contribution is -2.29. The molecule has 0 saturated carbocycles. The number of para-hydroxylation sites is 1. The van der Waals surface area contributed by atoms with Crippen LogP contribution in [0.3, 0.4) is 0 Å². The van der Waals surface area contributed by atoms with Crippen molar-refractivity contribution in [2.45, 2.75) is 24.3 Å². The van der Waals surface area contributed by atoms with Crippen LogP contribution in [0.2, 0.25) is 0 Å². The molecule has 1 heterocycles. The Morgan fingerprint density at radius 2 is 2.14 bits per heavy atom. The number of hydrogen-bond acceptors (Lipinski definition) is 6. The van der Waals surface area contributed by atoms with Gasteiger partial charge in [-0.05, 0) is 26.0 Å². The van der Waals surface area contributed by atoms with Crippen molar-refractivity contribution in [3.63, 3.8) is 0 Å². The highest BCUT2D eigenvalue weighted by molar-refractivity contribution is 8.00. The fraction of sp³-hybridized carbons (Fsp3) is 0.357. The Morgan fingerprint density at radius 1 is 1.43 bits per heavy atom. The fourth-order valence-corrected chi connectivity index (χ4v) is 2.68. The van der Waals surface area contributed by atoms with Gasteiger partial charge in [-0.25, -0.2) is 4.98 Å². The molecule has 1 aromatic heterocycles. The average Bonchev–Trinajstić information content (AvgIpc) is 2.48. The van der Waals surface area contributed by atoms with Crippen LogP contribution in [0.15, 0.2) is 34.2 Å². The minimum atomic E-state index is -0.487. The molecule has 0 fully saturated rings. The van der Waals surface area contributed by atoms with E-state index in [1.54, 1.807) is 38.1 Å². The van der Waals surface area contributed by atoms with Crippen molar-refractivity contribution in [3.05, 3.63) is 34.6 Å². The largest absolute Gasteiger partial charge is 0.465 e. The highest BCUT2D eigenvalue weighted by Crippen LogP contribution is 2.22. The molecule has 1 atom stereocenters. The van der Waals surface area contributed by atoms with Crippen LogP contribution in [0, 0.1) is 0 Å². The summed E-state index contributed by atoms with van der Waals surface area (Å²) >= 11 is 1.12. The molecule has 0 radical (unpaired) electrons. The molecular weight excluding hydrogens is 292 g/mol. The van der Waals surface area contributed by atoms with Gasteiger partial charge in [-0.3, -0.25) is 9.59 Å². The molecule has 0 aliphatic heterocycles. The summed E-state index contributed by atoms with van der Waals surface area (Å²) in [6.45, 7) is 3.75. The Hall–Kier alpha value is -2.02. The molecule has 2 aromatic rings. The zero-order valence-corrected chi connectivity index (χ0v) is 12.8. The third-order valence-corrected chi connectivity index (χ3v) is 3.81. The predicted molar refractivity (Wildman–Crippen MR) is 80.5 cm³/mol. The summed E-state index contributed by atoms with van der Waals surface area (Å²) in [6.07, 6.45) is 0. The lowest BCUT2D eigenvalue weighted by atomic mass is 10.2. The van der Waals surface area contributed by atoms with Gasteiger partial charge in [-0.15, -0.1) is 4.73 Å². The first kappa shape index (κ1) is 15.4. The van der Waals surface area contributed by atoms with Crippen molar-refractivity contribution in [3.8, 4) is 0 Å². The number of hydrogen-bond donors (Lipinski definition) is 0. The van der Waals surface area contributed by atoms with Gasteiger partial charge >= 0.3 is 5.97 Å². The first-order valence-corrected chi connectivity index (χ1v) is 7.36. The standard InChI is InChI=1S/C14H16N2O4S/c1-4-20-13(18)9(2)21-14-15-11-8-6-5-7-10(11)12(17)16(14)19-3/h5-9H,4H2,1-3H3/t9-/m0/s1. The normalized spacial score (nSPS) is 12.1. The molecule has 0 saturated heterocycles. The summed E-state index contributed by atoms with van der Waals surface area (Å²) in [4.78, 5) is 33.5. The van der Waals surface area contributed by atoms with Gasteiger partial charge in [0.1, 0.15) is 12.4 Å². The summed E-state index contributed by atoms with van der Waals surface area (Å²) in [5.74, 6) is -0.354. The summed E-state index contributed by atoms with van der Waals surface area (Å²) < 4.78 is 6.04. The summed E-state index contributed by atoms with van der Waals surface area (Å²) in [5.41, 5.74) is 0.260. The zero-order chi connectivity index (χ0) is 15.4. The number of thioether (sulfide) groups is 1. The van der Waals surface area contributed by atoms with Crippen LogP contribution in [0.4, 0.5) is 0 Å². The molecule has 2 rings (SSSR count). The molecule has 21 heavy (non-hydrogen) atoms. The second-order valence-electron chi connectivity index (χ2n) is 4.21. The molecule has 6 nitrogen and oxygen atoms in total. The van der Waals surface area contributed by atoms with Gasteiger partial charge in [0.05, 0.1) is 17.5 Å². The monoisotopic (exact) mass is 308 g/mol. The molecule has 0 spiro atoms. The number of carbonyl (C=O) groups is 1. The van der Waals surface area contributed by atoms with E-state index in [0.717, 1.165) is 16.5 Å². The first-order valence-electron chi connectivity index (χ1n) is 6.48. The third kappa shape index (κ3) is 3.18.